The second-order valence-corrected chi connectivity index (χ2v) is 11.5. The fourth-order valence-corrected chi connectivity index (χ4v) is 7.68. The number of nitrogens with two attached hydrogens (primary N) is 3. The molecule has 1 aliphatic carbocycles. The van der Waals surface area contributed by atoms with Crippen LogP contribution in [0.4, 0.5) is 11.1 Å². The lowest BCUT2D eigenvalue weighted by molar-refractivity contribution is -0.634. The first-order valence-electron chi connectivity index (χ1n) is 11.4. The van der Waals surface area contributed by atoms with Gasteiger partial charge in [-0.05, 0) is 18.4 Å². The van der Waals surface area contributed by atoms with Crippen molar-refractivity contribution in [2.45, 2.75) is 35.7 Å². The summed E-state index contributed by atoms with van der Waals surface area (Å²) in [5.41, 5.74) is 14.1. The van der Waals surface area contributed by atoms with Crippen molar-refractivity contribution < 1.29 is 29.0 Å². The molecular formula is C21H24N9O5S3+. The maximum absolute atomic E-state index is 13.1. The molecular weight excluding hydrogens is 554 g/mol. The van der Waals surface area contributed by atoms with Crippen molar-refractivity contribution in [3.8, 4) is 0 Å². The van der Waals surface area contributed by atoms with Crippen LogP contribution in [0.3, 0.4) is 0 Å². The molecule has 5 rings (SSSR count). The molecule has 17 heteroatoms. The number of carboxylic acid groups (broad SMARTS) is 1. The lowest BCUT2D eigenvalue weighted by Crippen LogP contribution is -2.71. The number of β-lactam (4-membered cyclic amide) rings is 1. The molecule has 3 aliphatic rings. The Hall–Kier alpha value is -3.57. The van der Waals surface area contributed by atoms with Crippen molar-refractivity contribution in [1.29, 1.82) is 0 Å². The molecule has 2 aliphatic heterocycles. The van der Waals surface area contributed by atoms with E-state index in [2.05, 4.69) is 20.4 Å². The fourth-order valence-electron chi connectivity index (χ4n) is 4.56. The molecule has 1 unspecified atom stereocenters. The second kappa shape index (κ2) is 10.3. The van der Waals surface area contributed by atoms with Crippen molar-refractivity contribution in [2.75, 3.05) is 35.9 Å². The molecule has 4 heterocycles. The van der Waals surface area contributed by atoms with Crippen LogP contribution in [0, 0.1) is 0 Å². The van der Waals surface area contributed by atoms with Crippen LogP contribution in [0.5, 0.6) is 0 Å². The Morgan fingerprint density at radius 1 is 1.37 bits per heavy atom. The molecule has 2 atom stereocenters. The first-order valence-corrected chi connectivity index (χ1v) is 14.3. The van der Waals surface area contributed by atoms with E-state index < -0.39 is 29.2 Å². The van der Waals surface area contributed by atoms with E-state index >= 15 is 0 Å². The topological polar surface area (TPSA) is 216 Å². The van der Waals surface area contributed by atoms with Crippen LogP contribution in [0.1, 0.15) is 23.4 Å². The summed E-state index contributed by atoms with van der Waals surface area (Å²) in [5, 5.41) is 18.3. The molecule has 2 aromatic heterocycles. The van der Waals surface area contributed by atoms with Crippen LogP contribution in [0.2, 0.25) is 0 Å². The summed E-state index contributed by atoms with van der Waals surface area (Å²) in [4.78, 5) is 52.6. The number of carbonyl (C=O) groups is 3. The van der Waals surface area contributed by atoms with Gasteiger partial charge < -0.3 is 21.0 Å². The highest BCUT2D eigenvalue weighted by molar-refractivity contribution is 8.01. The van der Waals surface area contributed by atoms with Gasteiger partial charge in [0.05, 0.1) is 0 Å². The largest absolute Gasteiger partial charge is 0.477 e. The Labute approximate surface area is 228 Å². The number of anilines is 2. The standard InChI is InChI=1S/C21H23N9O5S3/c1-35-28-12(10-7-38-21(23)25-10)15(31)26-13-17(32)29-14(19(33)34)8(6-37-18(13)29)5-36-16-9-3-2-4-11(9)30(24)20(22)27-16/h7,13,18,22H,2-6,24H2,1H3,(H4,23,25,26,31,33,34)/p+1/b28-12-/t13?,18-/m0/s1. The molecule has 0 spiro atoms. The normalized spacial score (nSPS) is 20.6. The number of aromatic nitrogens is 3. The number of fused-ring (bicyclic) bond motifs is 2. The van der Waals surface area contributed by atoms with Gasteiger partial charge in [-0.15, -0.1) is 27.8 Å². The maximum Gasteiger partial charge on any atom is 0.412 e. The van der Waals surface area contributed by atoms with Gasteiger partial charge in [-0.25, -0.2) is 9.78 Å². The van der Waals surface area contributed by atoms with E-state index in [9.17, 15) is 19.5 Å². The van der Waals surface area contributed by atoms with Gasteiger partial charge in [0, 0.05) is 28.9 Å². The highest BCUT2D eigenvalue weighted by Gasteiger charge is 2.54. The van der Waals surface area contributed by atoms with Crippen LogP contribution in [0.15, 0.2) is 26.8 Å². The van der Waals surface area contributed by atoms with Crippen LogP contribution in [-0.2, 0) is 32.1 Å². The quantitative estimate of drug-likeness (QED) is 0.0488. The Morgan fingerprint density at radius 2 is 2.16 bits per heavy atom. The number of nitrogens with zero attached hydrogens (tertiary/aromatic N) is 5. The van der Waals surface area contributed by atoms with Crippen LogP contribution < -0.4 is 27.3 Å². The summed E-state index contributed by atoms with van der Waals surface area (Å²) in [7, 11) is 1.28. The van der Waals surface area contributed by atoms with Gasteiger partial charge in [0.1, 0.15) is 35.6 Å². The van der Waals surface area contributed by atoms with Crippen molar-refractivity contribution in [2.24, 2.45) is 5.16 Å². The summed E-state index contributed by atoms with van der Waals surface area (Å²) in [6.45, 7) is 0. The number of hydrogen-bond donors (Lipinski definition) is 5. The first kappa shape index (κ1) is 26.1. The Bertz CT molecular complexity index is 1410. The van der Waals surface area contributed by atoms with Gasteiger partial charge in [0.15, 0.2) is 15.9 Å². The predicted octanol–water partition coefficient (Wildman–Crippen LogP) is -0.926. The second-order valence-electron chi connectivity index (χ2n) is 8.52. The zero-order valence-corrected chi connectivity index (χ0v) is 22.5. The summed E-state index contributed by atoms with van der Waals surface area (Å²) < 4.78 is 1.40. The molecule has 1 saturated heterocycles. The number of oxime groups is 1. The Balaban J connectivity index is 1.33. The third kappa shape index (κ3) is 4.49. The van der Waals surface area contributed by atoms with Crippen molar-refractivity contribution in [1.82, 2.24) is 20.2 Å². The molecule has 0 radical (unpaired) electrons. The number of carboxylic acids is 1. The van der Waals surface area contributed by atoms with Crippen LogP contribution in [0.25, 0.3) is 0 Å². The fraction of sp³-hybridized carbons (Fsp3) is 0.381. The maximum atomic E-state index is 13.1. The number of amides is 2. The highest BCUT2D eigenvalue weighted by Crippen LogP contribution is 2.42. The average molecular weight is 579 g/mol. The van der Waals surface area contributed by atoms with Crippen LogP contribution >= 0.6 is 34.9 Å². The van der Waals surface area contributed by atoms with E-state index in [1.165, 1.54) is 40.2 Å². The molecule has 0 aromatic carbocycles. The van der Waals surface area contributed by atoms with E-state index in [1.54, 1.807) is 5.38 Å². The Morgan fingerprint density at radius 3 is 2.84 bits per heavy atom. The minimum atomic E-state index is -1.21. The van der Waals surface area contributed by atoms with Crippen molar-refractivity contribution in [3.05, 3.63) is 33.6 Å². The molecule has 1 fully saturated rings. The number of aliphatic carboxylic acids is 1. The summed E-state index contributed by atoms with van der Waals surface area (Å²) >= 11 is 3.87. The summed E-state index contributed by atoms with van der Waals surface area (Å²) in [6, 6.07) is -0.937. The number of nitrogens with one attached hydrogen (secondary N) is 1. The molecule has 38 heavy (non-hydrogen) atoms. The zero-order valence-electron chi connectivity index (χ0n) is 20.0. The minimum absolute atomic E-state index is 0.0794. The van der Waals surface area contributed by atoms with Crippen molar-refractivity contribution >= 4 is 69.4 Å². The van der Waals surface area contributed by atoms with E-state index in [1.807, 2.05) is 0 Å². The first-order chi connectivity index (χ1) is 18.2. The predicted molar refractivity (Wildman–Crippen MR) is 142 cm³/mol. The highest BCUT2D eigenvalue weighted by atomic mass is 32.2. The lowest BCUT2D eigenvalue weighted by Gasteiger charge is -2.49. The molecule has 2 amide bonds. The van der Waals surface area contributed by atoms with Crippen molar-refractivity contribution in [3.63, 3.8) is 0 Å². The Kier molecular flexibility index (Phi) is 7.06. The van der Waals surface area contributed by atoms with E-state index in [-0.39, 0.29) is 28.2 Å². The van der Waals surface area contributed by atoms with Gasteiger partial charge in [0.25, 0.3) is 11.8 Å². The minimum Gasteiger partial charge on any atom is -0.477 e. The molecule has 200 valence electrons. The molecule has 14 nitrogen and oxygen atoms in total. The molecule has 2 aromatic rings. The van der Waals surface area contributed by atoms with Gasteiger partial charge in [-0.1, -0.05) is 21.9 Å². The SMILES string of the molecule is CO/N=C(\C(=O)NC1C(=O)N2C(C(=O)O)=C(CSc3nc(N)[n+](N)c4c3CCC4)CS[C@@H]12)c1csc(N)n1. The number of hydrogen-bond acceptors (Lipinski definition) is 13. The molecule has 0 bridgehead atoms. The van der Waals surface area contributed by atoms with Gasteiger partial charge in [-0.2, -0.15) is 0 Å². The number of thioether (sulfide) groups is 2. The average Bonchev–Trinajstić information content (AvgIpc) is 3.56. The number of thiazole rings is 1. The van der Waals surface area contributed by atoms with E-state index in [0.717, 1.165) is 41.9 Å². The van der Waals surface area contributed by atoms with Gasteiger partial charge in [0.2, 0.25) is 0 Å². The summed E-state index contributed by atoms with van der Waals surface area (Å²) in [5.74, 6) is 4.44. The van der Waals surface area contributed by atoms with E-state index in [0.29, 0.717) is 22.1 Å². The third-order valence-corrected chi connectivity index (χ3v) is 9.40. The smallest absolute Gasteiger partial charge is 0.412 e. The molecule has 8 N–H and O–H groups in total. The number of rotatable bonds is 8. The zero-order chi connectivity index (χ0) is 27.1. The lowest BCUT2D eigenvalue weighted by atomic mass is 10.0. The monoisotopic (exact) mass is 578 g/mol. The van der Waals surface area contributed by atoms with Crippen LogP contribution in [-0.4, -0.2) is 73.5 Å². The molecule has 0 saturated carbocycles. The van der Waals surface area contributed by atoms with Gasteiger partial charge >= 0.3 is 11.9 Å². The van der Waals surface area contributed by atoms with E-state index in [4.69, 9.17) is 22.1 Å². The third-order valence-electron chi connectivity index (χ3n) is 6.28. The number of carbonyl (C=O) groups excluding carboxylic acids is 2. The van der Waals surface area contributed by atoms with Gasteiger partial charge in [-0.3, -0.25) is 26.1 Å². The number of nitrogen functional groups attached to an aromatic ring is 3. The summed E-state index contributed by atoms with van der Waals surface area (Å²) in [6.07, 6.45) is 2.56.